The van der Waals surface area contributed by atoms with Crippen molar-refractivity contribution in [3.63, 3.8) is 0 Å². The third-order valence-corrected chi connectivity index (χ3v) is 3.53. The quantitative estimate of drug-likeness (QED) is 0.740. The van der Waals surface area contributed by atoms with Crippen LogP contribution in [0.25, 0.3) is 0 Å². The first-order valence-corrected chi connectivity index (χ1v) is 7.36. The van der Waals surface area contributed by atoms with Crippen molar-refractivity contribution < 1.29 is 14.0 Å². The standard InChI is InChI=1S/C17H14FN5O2/c18-13-6-2-1-4-12(13)9-23-10-21-16(14(23)15(19)24)22-17(25)11-5-3-7-20-8-11/h1-8,10H,9H2,(H2,19,24)(H,22,25). The first-order valence-electron chi connectivity index (χ1n) is 7.36. The maximum Gasteiger partial charge on any atom is 0.269 e. The number of amides is 2. The summed E-state index contributed by atoms with van der Waals surface area (Å²) in [7, 11) is 0. The van der Waals surface area contributed by atoms with Crippen LogP contribution in [0.4, 0.5) is 10.2 Å². The van der Waals surface area contributed by atoms with Crippen LogP contribution in [-0.2, 0) is 6.54 Å². The van der Waals surface area contributed by atoms with E-state index in [4.69, 9.17) is 5.73 Å². The fourth-order valence-corrected chi connectivity index (χ4v) is 2.34. The largest absolute Gasteiger partial charge is 0.364 e. The summed E-state index contributed by atoms with van der Waals surface area (Å²) in [6.07, 6.45) is 4.25. The maximum absolute atomic E-state index is 13.8. The topological polar surface area (TPSA) is 103 Å². The monoisotopic (exact) mass is 339 g/mol. The van der Waals surface area contributed by atoms with E-state index in [1.807, 2.05) is 0 Å². The molecule has 3 N–H and O–H groups in total. The number of nitrogens with zero attached hydrogens (tertiary/aromatic N) is 3. The van der Waals surface area contributed by atoms with Gasteiger partial charge < -0.3 is 15.6 Å². The molecule has 126 valence electrons. The van der Waals surface area contributed by atoms with Crippen LogP contribution in [0.1, 0.15) is 26.4 Å². The Morgan fingerprint density at radius 2 is 2.00 bits per heavy atom. The Bertz CT molecular complexity index is 924. The number of anilines is 1. The number of nitrogens with two attached hydrogens (primary N) is 1. The number of hydrogen-bond donors (Lipinski definition) is 2. The first kappa shape index (κ1) is 16.3. The highest BCUT2D eigenvalue weighted by Gasteiger charge is 2.19. The predicted molar refractivity (Wildman–Crippen MR) is 88.4 cm³/mol. The second-order valence-corrected chi connectivity index (χ2v) is 5.22. The molecule has 0 saturated carbocycles. The van der Waals surface area contributed by atoms with Gasteiger partial charge in [0, 0.05) is 18.0 Å². The molecule has 3 aromatic rings. The average molecular weight is 339 g/mol. The van der Waals surface area contributed by atoms with E-state index in [2.05, 4.69) is 15.3 Å². The van der Waals surface area contributed by atoms with Crippen molar-refractivity contribution in [2.24, 2.45) is 5.73 Å². The molecule has 0 saturated heterocycles. The lowest BCUT2D eigenvalue weighted by Crippen LogP contribution is -2.21. The number of primary amides is 1. The van der Waals surface area contributed by atoms with Gasteiger partial charge in [-0.25, -0.2) is 9.37 Å². The van der Waals surface area contributed by atoms with Gasteiger partial charge in [-0.05, 0) is 18.2 Å². The number of hydrogen-bond acceptors (Lipinski definition) is 4. The number of rotatable bonds is 5. The van der Waals surface area contributed by atoms with Crippen LogP contribution in [-0.4, -0.2) is 26.3 Å². The zero-order valence-corrected chi connectivity index (χ0v) is 13.0. The minimum absolute atomic E-state index is 0.0118. The molecule has 2 amide bonds. The molecule has 0 atom stereocenters. The molecule has 0 spiro atoms. The smallest absolute Gasteiger partial charge is 0.269 e. The van der Waals surface area contributed by atoms with Gasteiger partial charge in [0.05, 0.1) is 18.4 Å². The fourth-order valence-electron chi connectivity index (χ4n) is 2.34. The van der Waals surface area contributed by atoms with Crippen LogP contribution in [0.15, 0.2) is 55.1 Å². The van der Waals surface area contributed by atoms with Gasteiger partial charge in [-0.3, -0.25) is 14.6 Å². The molecule has 0 aliphatic heterocycles. The summed E-state index contributed by atoms with van der Waals surface area (Å²) in [5, 5.41) is 2.52. The van der Waals surface area contributed by atoms with E-state index in [0.29, 0.717) is 11.1 Å². The maximum atomic E-state index is 13.8. The Balaban J connectivity index is 1.89. The lowest BCUT2D eigenvalue weighted by molar-refractivity contribution is 0.0992. The summed E-state index contributed by atoms with van der Waals surface area (Å²) in [5.74, 6) is -1.66. The Morgan fingerprint density at radius 1 is 1.20 bits per heavy atom. The third-order valence-electron chi connectivity index (χ3n) is 3.53. The van der Waals surface area contributed by atoms with Gasteiger partial charge in [0.1, 0.15) is 5.82 Å². The summed E-state index contributed by atoms with van der Waals surface area (Å²) < 4.78 is 15.2. The lowest BCUT2D eigenvalue weighted by atomic mass is 10.2. The molecule has 7 nitrogen and oxygen atoms in total. The predicted octanol–water partition coefficient (Wildman–Crippen LogP) is 1.82. The number of pyridine rings is 1. The SMILES string of the molecule is NC(=O)c1c(NC(=O)c2cccnc2)ncn1Cc1ccccc1F. The molecule has 0 aliphatic carbocycles. The van der Waals surface area contributed by atoms with Gasteiger partial charge in [0.15, 0.2) is 11.5 Å². The molecule has 8 heteroatoms. The van der Waals surface area contributed by atoms with Crippen LogP contribution in [0.3, 0.4) is 0 Å². The van der Waals surface area contributed by atoms with E-state index in [1.54, 1.807) is 30.3 Å². The van der Waals surface area contributed by atoms with Crippen molar-refractivity contribution in [1.82, 2.24) is 14.5 Å². The molecule has 0 radical (unpaired) electrons. The summed E-state index contributed by atoms with van der Waals surface area (Å²) >= 11 is 0. The number of carbonyl (C=O) groups is 2. The minimum atomic E-state index is -0.782. The summed E-state index contributed by atoms with van der Waals surface area (Å²) in [6.45, 7) is 0.0563. The molecule has 2 aromatic heterocycles. The molecular weight excluding hydrogens is 325 g/mol. The van der Waals surface area contributed by atoms with Crippen molar-refractivity contribution in [2.45, 2.75) is 6.54 Å². The fraction of sp³-hybridized carbons (Fsp3) is 0.0588. The third kappa shape index (κ3) is 3.52. The number of carbonyl (C=O) groups excluding carboxylic acids is 2. The zero-order valence-electron chi connectivity index (χ0n) is 13.0. The molecule has 3 rings (SSSR count). The van der Waals surface area contributed by atoms with Gasteiger partial charge in [0.25, 0.3) is 11.8 Å². The van der Waals surface area contributed by atoms with Crippen molar-refractivity contribution in [3.05, 3.63) is 77.8 Å². The van der Waals surface area contributed by atoms with Crippen LogP contribution in [0, 0.1) is 5.82 Å². The summed E-state index contributed by atoms with van der Waals surface area (Å²) in [5.41, 5.74) is 6.07. The highest BCUT2D eigenvalue weighted by Crippen LogP contribution is 2.17. The van der Waals surface area contributed by atoms with Crippen LogP contribution in [0.2, 0.25) is 0 Å². The average Bonchev–Trinajstić information content (AvgIpc) is 3.00. The Hall–Kier alpha value is -3.55. The highest BCUT2D eigenvalue weighted by atomic mass is 19.1. The van der Waals surface area contributed by atoms with E-state index in [1.165, 1.54) is 29.4 Å². The van der Waals surface area contributed by atoms with Crippen LogP contribution in [0.5, 0.6) is 0 Å². The van der Waals surface area contributed by atoms with Gasteiger partial charge in [-0.2, -0.15) is 0 Å². The first-order chi connectivity index (χ1) is 12.1. The van der Waals surface area contributed by atoms with E-state index >= 15 is 0 Å². The van der Waals surface area contributed by atoms with Gasteiger partial charge in [0.2, 0.25) is 0 Å². The van der Waals surface area contributed by atoms with E-state index < -0.39 is 17.6 Å². The van der Waals surface area contributed by atoms with E-state index in [-0.39, 0.29) is 18.1 Å². The Kier molecular flexibility index (Phi) is 4.51. The molecule has 0 bridgehead atoms. The van der Waals surface area contributed by atoms with E-state index in [9.17, 15) is 14.0 Å². The van der Waals surface area contributed by atoms with Crippen molar-refractivity contribution in [1.29, 1.82) is 0 Å². The van der Waals surface area contributed by atoms with E-state index in [0.717, 1.165) is 0 Å². The van der Waals surface area contributed by atoms with Gasteiger partial charge >= 0.3 is 0 Å². The Morgan fingerprint density at radius 3 is 2.68 bits per heavy atom. The minimum Gasteiger partial charge on any atom is -0.364 e. The molecule has 0 fully saturated rings. The molecule has 25 heavy (non-hydrogen) atoms. The molecular formula is C17H14FN5O2. The molecule has 2 heterocycles. The number of aromatic nitrogens is 3. The van der Waals surface area contributed by atoms with Gasteiger partial charge in [-0.15, -0.1) is 0 Å². The van der Waals surface area contributed by atoms with Crippen LogP contribution < -0.4 is 11.1 Å². The lowest BCUT2D eigenvalue weighted by Gasteiger charge is -2.09. The van der Waals surface area contributed by atoms with Crippen LogP contribution >= 0.6 is 0 Å². The molecule has 0 unspecified atom stereocenters. The number of imidazole rings is 1. The molecule has 1 aromatic carbocycles. The van der Waals surface area contributed by atoms with Crippen molar-refractivity contribution >= 4 is 17.6 Å². The normalized spacial score (nSPS) is 10.4. The summed E-state index contributed by atoms with van der Waals surface area (Å²) in [4.78, 5) is 31.9. The Labute approximate surface area is 142 Å². The summed E-state index contributed by atoms with van der Waals surface area (Å²) in [6, 6.07) is 9.35. The number of nitrogens with one attached hydrogen (secondary N) is 1. The number of benzene rings is 1. The van der Waals surface area contributed by atoms with Gasteiger partial charge in [-0.1, -0.05) is 18.2 Å². The second-order valence-electron chi connectivity index (χ2n) is 5.22. The number of halogens is 1. The molecule has 0 aliphatic rings. The highest BCUT2D eigenvalue weighted by molar-refractivity contribution is 6.07. The second kappa shape index (κ2) is 6.91. The van der Waals surface area contributed by atoms with Crippen molar-refractivity contribution in [3.8, 4) is 0 Å². The van der Waals surface area contributed by atoms with Crippen molar-refractivity contribution in [2.75, 3.05) is 5.32 Å². The zero-order chi connectivity index (χ0) is 17.8.